The van der Waals surface area contributed by atoms with Gasteiger partial charge in [-0.2, -0.15) is 0 Å². The van der Waals surface area contributed by atoms with Gasteiger partial charge in [-0.05, 0) is 19.2 Å². The lowest BCUT2D eigenvalue weighted by Crippen LogP contribution is -2.37. The van der Waals surface area contributed by atoms with E-state index in [1.54, 1.807) is 0 Å². The predicted molar refractivity (Wildman–Crippen MR) is 63.7 cm³/mol. The van der Waals surface area contributed by atoms with Gasteiger partial charge in [0.1, 0.15) is 5.58 Å². The minimum Gasteiger partial charge on any atom is -0.455 e. The minimum atomic E-state index is -0.770. The third-order valence-electron chi connectivity index (χ3n) is 2.96. The van der Waals surface area contributed by atoms with E-state index in [0.717, 1.165) is 16.7 Å². The summed E-state index contributed by atoms with van der Waals surface area (Å²) in [6, 6.07) is 9.89. The molecule has 0 atom stereocenters. The summed E-state index contributed by atoms with van der Waals surface area (Å²) in [5.74, 6) is -0.0427. The highest BCUT2D eigenvalue weighted by Gasteiger charge is 2.41. The second-order valence-corrected chi connectivity index (χ2v) is 4.13. The first-order valence-corrected chi connectivity index (χ1v) is 5.76. The topological polar surface area (TPSA) is 43.6 Å². The predicted octanol–water partition coefficient (Wildman–Crippen LogP) is 1.85. The average Bonchev–Trinajstić information content (AvgIpc) is 2.95. The maximum absolute atomic E-state index is 5.82. The number of benzene rings is 1. The fraction of sp³-hybridized carbons (Fsp3) is 0.385. The maximum atomic E-state index is 5.82. The molecule has 0 radical (unpaired) electrons. The third kappa shape index (κ3) is 1.74. The van der Waals surface area contributed by atoms with Crippen molar-refractivity contribution in [2.24, 2.45) is 0 Å². The Hall–Kier alpha value is -1.36. The molecule has 17 heavy (non-hydrogen) atoms. The first-order chi connectivity index (χ1) is 8.34. The van der Waals surface area contributed by atoms with Gasteiger partial charge in [0.2, 0.25) is 5.79 Å². The number of para-hydroxylation sites is 1. The van der Waals surface area contributed by atoms with Crippen LogP contribution in [0.15, 0.2) is 34.7 Å². The van der Waals surface area contributed by atoms with Crippen molar-refractivity contribution in [2.75, 3.05) is 26.8 Å². The summed E-state index contributed by atoms with van der Waals surface area (Å²) >= 11 is 0. The number of likely N-dealkylation sites (N-methyl/N-ethyl adjacent to an activating group) is 1. The van der Waals surface area contributed by atoms with Crippen LogP contribution in [0.25, 0.3) is 11.0 Å². The fourth-order valence-electron chi connectivity index (χ4n) is 2.19. The van der Waals surface area contributed by atoms with Crippen molar-refractivity contribution in [1.29, 1.82) is 0 Å². The zero-order valence-corrected chi connectivity index (χ0v) is 9.73. The van der Waals surface area contributed by atoms with Gasteiger partial charge in [0, 0.05) is 5.39 Å². The van der Waals surface area contributed by atoms with E-state index in [1.165, 1.54) is 0 Å². The molecule has 1 saturated heterocycles. The molecular formula is C13H15NO3. The van der Waals surface area contributed by atoms with Crippen LogP contribution in [-0.2, 0) is 15.3 Å². The molecule has 4 nitrogen and oxygen atoms in total. The number of ether oxygens (including phenoxy) is 2. The van der Waals surface area contributed by atoms with Crippen molar-refractivity contribution in [3.8, 4) is 0 Å². The van der Waals surface area contributed by atoms with Crippen LogP contribution in [0.2, 0.25) is 0 Å². The van der Waals surface area contributed by atoms with Gasteiger partial charge in [-0.3, -0.25) is 0 Å². The number of rotatable bonds is 3. The molecule has 0 unspecified atom stereocenters. The molecule has 90 valence electrons. The fourth-order valence-corrected chi connectivity index (χ4v) is 2.19. The normalized spacial score (nSPS) is 18.9. The Balaban J connectivity index is 2.05. The highest BCUT2D eigenvalue weighted by molar-refractivity contribution is 5.77. The quantitative estimate of drug-likeness (QED) is 0.878. The van der Waals surface area contributed by atoms with Crippen molar-refractivity contribution in [3.63, 3.8) is 0 Å². The highest BCUT2D eigenvalue weighted by atomic mass is 16.7. The molecule has 4 heteroatoms. The monoisotopic (exact) mass is 233 g/mol. The lowest BCUT2D eigenvalue weighted by molar-refractivity contribution is -0.173. The summed E-state index contributed by atoms with van der Waals surface area (Å²) in [5.41, 5.74) is 0.858. The second kappa shape index (κ2) is 4.14. The molecule has 1 aliphatic rings. The van der Waals surface area contributed by atoms with Gasteiger partial charge in [-0.15, -0.1) is 0 Å². The summed E-state index contributed by atoms with van der Waals surface area (Å²) in [6.45, 7) is 1.77. The van der Waals surface area contributed by atoms with Crippen molar-refractivity contribution < 1.29 is 13.9 Å². The molecule has 0 bridgehead atoms. The number of nitrogens with one attached hydrogen (secondary N) is 1. The molecule has 1 aromatic heterocycles. The highest BCUT2D eigenvalue weighted by Crippen LogP contribution is 2.34. The van der Waals surface area contributed by atoms with Crippen molar-refractivity contribution >= 4 is 11.0 Å². The Morgan fingerprint density at radius 3 is 2.71 bits per heavy atom. The Kier molecular flexibility index (Phi) is 2.63. The first kappa shape index (κ1) is 10.8. The molecular weight excluding hydrogens is 218 g/mol. The number of hydrogen-bond donors (Lipinski definition) is 1. The number of furan rings is 1. The molecule has 0 aliphatic carbocycles. The Bertz CT molecular complexity index is 481. The van der Waals surface area contributed by atoms with E-state index >= 15 is 0 Å². The van der Waals surface area contributed by atoms with Gasteiger partial charge in [0.25, 0.3) is 0 Å². The zero-order chi connectivity index (χ0) is 11.7. The van der Waals surface area contributed by atoms with Gasteiger partial charge in [0.15, 0.2) is 5.76 Å². The molecule has 0 amide bonds. The van der Waals surface area contributed by atoms with Crippen LogP contribution in [0.3, 0.4) is 0 Å². The first-order valence-electron chi connectivity index (χ1n) is 5.76. The van der Waals surface area contributed by atoms with E-state index in [9.17, 15) is 0 Å². The summed E-state index contributed by atoms with van der Waals surface area (Å²) in [6.07, 6.45) is 0. The summed E-state index contributed by atoms with van der Waals surface area (Å²) in [7, 11) is 1.87. The summed E-state index contributed by atoms with van der Waals surface area (Å²) in [5, 5.41) is 4.15. The Labute approximate surface area is 99.5 Å². The Morgan fingerprint density at radius 2 is 2.00 bits per heavy atom. The van der Waals surface area contributed by atoms with Crippen LogP contribution >= 0.6 is 0 Å². The van der Waals surface area contributed by atoms with Gasteiger partial charge in [0.05, 0.1) is 19.8 Å². The summed E-state index contributed by atoms with van der Waals surface area (Å²) in [4.78, 5) is 0. The van der Waals surface area contributed by atoms with Crippen LogP contribution in [-0.4, -0.2) is 26.8 Å². The van der Waals surface area contributed by atoms with Crippen molar-refractivity contribution in [1.82, 2.24) is 5.32 Å². The molecule has 2 heterocycles. The third-order valence-corrected chi connectivity index (χ3v) is 2.96. The molecule has 3 rings (SSSR count). The summed E-state index contributed by atoms with van der Waals surface area (Å²) < 4.78 is 17.3. The van der Waals surface area contributed by atoms with Crippen molar-refractivity contribution in [3.05, 3.63) is 36.1 Å². The Morgan fingerprint density at radius 1 is 1.24 bits per heavy atom. The smallest absolute Gasteiger partial charge is 0.241 e. The SMILES string of the molecule is CNCC1(c2cc3ccccc3o2)OCCO1. The maximum Gasteiger partial charge on any atom is 0.241 e. The van der Waals surface area contributed by atoms with Gasteiger partial charge in [-0.25, -0.2) is 0 Å². The molecule has 1 aromatic carbocycles. The number of fused-ring (bicyclic) bond motifs is 1. The molecule has 0 spiro atoms. The van der Waals surface area contributed by atoms with E-state index < -0.39 is 5.79 Å². The van der Waals surface area contributed by atoms with Gasteiger partial charge in [-0.1, -0.05) is 18.2 Å². The standard InChI is InChI=1S/C13H15NO3/c1-14-9-13(15-6-7-16-13)12-8-10-4-2-3-5-11(10)17-12/h2-5,8,14H,6-7,9H2,1H3. The molecule has 0 saturated carbocycles. The van der Waals surface area contributed by atoms with E-state index in [4.69, 9.17) is 13.9 Å². The molecule has 2 aromatic rings. The van der Waals surface area contributed by atoms with Crippen LogP contribution in [0, 0.1) is 0 Å². The second-order valence-electron chi connectivity index (χ2n) is 4.13. The van der Waals surface area contributed by atoms with Crippen molar-refractivity contribution in [2.45, 2.75) is 5.79 Å². The van der Waals surface area contributed by atoms with E-state index in [0.29, 0.717) is 19.8 Å². The van der Waals surface area contributed by atoms with E-state index in [2.05, 4.69) is 5.32 Å². The zero-order valence-electron chi connectivity index (χ0n) is 9.73. The van der Waals surface area contributed by atoms with Crippen LogP contribution in [0.1, 0.15) is 5.76 Å². The molecule has 1 N–H and O–H groups in total. The minimum absolute atomic E-state index is 0.576. The molecule has 1 aliphatic heterocycles. The van der Waals surface area contributed by atoms with Crippen LogP contribution in [0.4, 0.5) is 0 Å². The lowest BCUT2D eigenvalue weighted by Gasteiger charge is -2.24. The van der Waals surface area contributed by atoms with Crippen LogP contribution in [0.5, 0.6) is 0 Å². The average molecular weight is 233 g/mol. The van der Waals surface area contributed by atoms with E-state index in [1.807, 2.05) is 37.4 Å². The lowest BCUT2D eigenvalue weighted by atomic mass is 10.2. The largest absolute Gasteiger partial charge is 0.455 e. The van der Waals surface area contributed by atoms with Gasteiger partial charge < -0.3 is 19.2 Å². The van der Waals surface area contributed by atoms with Gasteiger partial charge >= 0.3 is 0 Å². The van der Waals surface area contributed by atoms with Crippen LogP contribution < -0.4 is 5.32 Å². The van der Waals surface area contributed by atoms with E-state index in [-0.39, 0.29) is 0 Å². The molecule has 1 fully saturated rings. The number of hydrogen-bond acceptors (Lipinski definition) is 4.